The van der Waals surface area contributed by atoms with Crippen molar-refractivity contribution in [2.24, 2.45) is 16.6 Å². The molecule has 0 spiro atoms. The zero-order valence-corrected chi connectivity index (χ0v) is 13.5. The molecule has 0 saturated heterocycles. The van der Waals surface area contributed by atoms with Crippen LogP contribution in [-0.2, 0) is 9.47 Å². The molecule has 2 aliphatic rings. The van der Waals surface area contributed by atoms with Gasteiger partial charge in [-0.25, -0.2) is 9.38 Å². The number of nitrogens with two attached hydrogens (primary N) is 1. The fraction of sp³-hybridized carbons (Fsp3) is 0.471. The first kappa shape index (κ1) is 16.4. The van der Waals surface area contributed by atoms with Gasteiger partial charge >= 0.3 is 5.91 Å². The molecule has 0 unspecified atom stereocenters. The van der Waals surface area contributed by atoms with Crippen LogP contribution in [0, 0.1) is 39.3 Å². The predicted molar refractivity (Wildman–Crippen MR) is 81.4 cm³/mol. The van der Waals surface area contributed by atoms with E-state index in [2.05, 4.69) is 17.1 Å². The smallest absolute Gasteiger partial charge is 0.314 e. The van der Waals surface area contributed by atoms with E-state index in [1.165, 1.54) is 6.07 Å². The Bertz CT molecular complexity index is 791. The summed E-state index contributed by atoms with van der Waals surface area (Å²) in [5.41, 5.74) is 3.47. The van der Waals surface area contributed by atoms with Gasteiger partial charge in [0, 0.05) is 5.92 Å². The lowest BCUT2D eigenvalue weighted by Crippen LogP contribution is -2.91. The maximum absolute atomic E-state index is 14.4. The van der Waals surface area contributed by atoms with E-state index < -0.39 is 28.5 Å². The second kappa shape index (κ2) is 5.27. The highest BCUT2D eigenvalue weighted by Crippen LogP contribution is 2.78. The third kappa shape index (κ3) is 1.56. The first-order valence-corrected chi connectivity index (χ1v) is 7.77. The Morgan fingerprint density at radius 2 is 1.83 bits per heavy atom. The van der Waals surface area contributed by atoms with Crippen LogP contribution in [-0.4, -0.2) is 25.0 Å². The quantitative estimate of drug-likeness (QED) is 0.747. The molecule has 3 N–H and O–H groups in total. The Kier molecular flexibility index (Phi) is 3.60. The summed E-state index contributed by atoms with van der Waals surface area (Å²) in [5.74, 6) is -2.78. The van der Waals surface area contributed by atoms with E-state index in [0.717, 1.165) is 0 Å². The van der Waals surface area contributed by atoms with Crippen LogP contribution >= 0.6 is 0 Å². The van der Waals surface area contributed by atoms with E-state index in [1.54, 1.807) is 32.0 Å². The third-order valence-electron chi connectivity index (χ3n) is 4.91. The molecule has 1 heterocycles. The van der Waals surface area contributed by atoms with Gasteiger partial charge in [-0.05, 0) is 25.5 Å². The van der Waals surface area contributed by atoms with Crippen molar-refractivity contribution in [3.8, 4) is 12.1 Å². The van der Waals surface area contributed by atoms with Crippen LogP contribution in [0.5, 0.6) is 0 Å². The lowest BCUT2D eigenvalue weighted by molar-refractivity contribution is -0.693. The zero-order valence-electron chi connectivity index (χ0n) is 13.5. The molecule has 3 rings (SSSR count). The Labute approximate surface area is 139 Å². The topological polar surface area (TPSA) is 106 Å². The summed E-state index contributed by atoms with van der Waals surface area (Å²) < 4.78 is 25.9. The Morgan fingerprint density at radius 3 is 2.33 bits per heavy atom. The number of halogens is 1. The highest BCUT2D eigenvalue weighted by molar-refractivity contribution is 5.95. The third-order valence-corrected chi connectivity index (χ3v) is 4.91. The average Bonchev–Trinajstić information content (AvgIpc) is 3.14. The molecule has 7 heteroatoms. The van der Waals surface area contributed by atoms with Crippen molar-refractivity contribution in [3.05, 3.63) is 35.6 Å². The van der Waals surface area contributed by atoms with Gasteiger partial charge in [0.25, 0.3) is 5.84 Å². The lowest BCUT2D eigenvalue weighted by Gasteiger charge is -2.29. The summed E-state index contributed by atoms with van der Waals surface area (Å²) in [6, 6.07) is 10.4. The molecule has 0 aromatic heterocycles. The first-order chi connectivity index (χ1) is 11.5. The molecule has 1 aliphatic heterocycles. The van der Waals surface area contributed by atoms with Crippen LogP contribution in [0.3, 0.4) is 0 Å². The molecule has 0 bridgehead atoms. The number of nitrogens with zero attached hydrogens (tertiary/aromatic N) is 2. The van der Waals surface area contributed by atoms with E-state index in [-0.39, 0.29) is 24.6 Å². The molecular formula is C17H18FN4O2+. The van der Waals surface area contributed by atoms with Gasteiger partial charge in [-0.3, -0.25) is 5.73 Å². The summed E-state index contributed by atoms with van der Waals surface area (Å²) in [7, 11) is 0. The van der Waals surface area contributed by atoms with Crippen molar-refractivity contribution < 1.29 is 18.9 Å². The number of ether oxygens (including phenoxy) is 2. The van der Waals surface area contributed by atoms with Crippen LogP contribution in [0.4, 0.5) is 4.39 Å². The van der Waals surface area contributed by atoms with Gasteiger partial charge in [-0.2, -0.15) is 10.5 Å². The van der Waals surface area contributed by atoms with E-state index in [4.69, 9.17) is 15.2 Å². The Hall–Kier alpha value is -2.48. The summed E-state index contributed by atoms with van der Waals surface area (Å²) in [6.07, 6.45) is 0. The molecule has 1 aromatic carbocycles. The van der Waals surface area contributed by atoms with Crippen LogP contribution in [0.1, 0.15) is 25.3 Å². The van der Waals surface area contributed by atoms with Crippen LogP contribution in [0.15, 0.2) is 24.3 Å². The molecular weight excluding hydrogens is 311 g/mol. The van der Waals surface area contributed by atoms with Crippen molar-refractivity contribution in [1.29, 1.82) is 10.5 Å². The minimum absolute atomic E-state index is 0.0710. The summed E-state index contributed by atoms with van der Waals surface area (Å²) in [5, 5.41) is 19.8. The lowest BCUT2D eigenvalue weighted by atomic mass is 9.93. The number of amidine groups is 1. The number of fused-ring (bicyclic) bond motifs is 1. The summed E-state index contributed by atoms with van der Waals surface area (Å²) >= 11 is 0. The van der Waals surface area contributed by atoms with Gasteiger partial charge < -0.3 is 9.47 Å². The van der Waals surface area contributed by atoms with E-state index in [0.29, 0.717) is 0 Å². The normalized spacial score (nSPS) is 32.4. The minimum Gasteiger partial charge on any atom is -0.314 e. The van der Waals surface area contributed by atoms with Crippen LogP contribution in [0.2, 0.25) is 0 Å². The van der Waals surface area contributed by atoms with E-state index in [1.807, 2.05) is 0 Å². The number of hydrogen-bond acceptors (Lipinski definition) is 5. The molecule has 124 valence electrons. The van der Waals surface area contributed by atoms with E-state index >= 15 is 0 Å². The molecule has 1 fully saturated rings. The Balaban J connectivity index is 2.25. The fourth-order valence-electron chi connectivity index (χ4n) is 4.03. The molecule has 0 amide bonds. The molecule has 3 atom stereocenters. The van der Waals surface area contributed by atoms with E-state index in [9.17, 15) is 14.9 Å². The molecule has 24 heavy (non-hydrogen) atoms. The monoisotopic (exact) mass is 329 g/mol. The SMILES string of the molecule is CCOC1(OCC)[NH+]=C(N)[C@@]2(C#N)[C@@H](c3ccccc3F)[C@@]12C#N. The molecule has 0 radical (unpaired) electrons. The van der Waals surface area contributed by atoms with Gasteiger partial charge in [-0.1, -0.05) is 18.2 Å². The maximum atomic E-state index is 14.4. The van der Waals surface area contributed by atoms with Crippen molar-refractivity contribution in [3.63, 3.8) is 0 Å². The number of benzene rings is 1. The predicted octanol–water partition coefficient (Wildman–Crippen LogP) is 0.121. The molecule has 1 aromatic rings. The fourth-order valence-corrected chi connectivity index (χ4v) is 4.03. The molecule has 6 nitrogen and oxygen atoms in total. The summed E-state index contributed by atoms with van der Waals surface area (Å²) in [6.45, 7) is 3.96. The van der Waals surface area contributed by atoms with Gasteiger partial charge in [0.1, 0.15) is 5.82 Å². The summed E-state index contributed by atoms with van der Waals surface area (Å²) in [4.78, 5) is 2.85. The van der Waals surface area contributed by atoms with Gasteiger partial charge in [0.15, 0.2) is 10.8 Å². The highest BCUT2D eigenvalue weighted by atomic mass is 19.1. The molecule has 1 aliphatic carbocycles. The second-order valence-electron chi connectivity index (χ2n) is 5.82. The number of nitriles is 2. The van der Waals surface area contributed by atoms with Crippen LogP contribution < -0.4 is 10.7 Å². The standard InChI is InChI=1S/C17H17FN4O2/c1-3-23-17(24-4-2)16(10-20)13(11-7-5-6-8-12(11)18)15(16,9-19)14(21)22-17/h5-8,13H,3-4H2,1-2H3,(H2,21,22)/p+1/t13-,15-,16-/m1/s1. The zero-order chi connectivity index (χ0) is 17.6. The number of rotatable bonds is 5. The largest absolute Gasteiger partial charge is 0.343 e. The van der Waals surface area contributed by atoms with Crippen molar-refractivity contribution >= 4 is 5.84 Å². The molecule has 1 saturated carbocycles. The van der Waals surface area contributed by atoms with Crippen molar-refractivity contribution in [2.45, 2.75) is 25.7 Å². The van der Waals surface area contributed by atoms with Crippen molar-refractivity contribution in [1.82, 2.24) is 0 Å². The van der Waals surface area contributed by atoms with Crippen LogP contribution in [0.25, 0.3) is 0 Å². The van der Waals surface area contributed by atoms with Crippen molar-refractivity contribution in [2.75, 3.05) is 13.2 Å². The maximum Gasteiger partial charge on any atom is 0.343 e. The highest BCUT2D eigenvalue weighted by Gasteiger charge is 2.97. The first-order valence-electron chi connectivity index (χ1n) is 7.77. The van der Waals surface area contributed by atoms with Gasteiger partial charge in [-0.15, -0.1) is 0 Å². The number of nitrogens with one attached hydrogen (secondary N) is 1. The average molecular weight is 329 g/mol. The van der Waals surface area contributed by atoms with Gasteiger partial charge in [0.2, 0.25) is 0 Å². The number of hydrogen-bond donors (Lipinski definition) is 2. The second-order valence-corrected chi connectivity index (χ2v) is 5.82. The Morgan fingerprint density at radius 1 is 1.21 bits per heavy atom. The van der Waals surface area contributed by atoms with Gasteiger partial charge in [0.05, 0.1) is 25.4 Å². The minimum atomic E-state index is -1.59.